The zero-order chi connectivity index (χ0) is 22.1. The second-order valence-electron chi connectivity index (χ2n) is 7.97. The predicted molar refractivity (Wildman–Crippen MR) is 122 cm³/mol. The van der Waals surface area contributed by atoms with Crippen LogP contribution >= 0.6 is 0 Å². The van der Waals surface area contributed by atoms with Gasteiger partial charge in [0.05, 0.1) is 30.1 Å². The molecule has 9 heteroatoms. The summed E-state index contributed by atoms with van der Waals surface area (Å²) in [5, 5.41) is 29.2. The van der Waals surface area contributed by atoms with Gasteiger partial charge >= 0.3 is 0 Å². The lowest BCUT2D eigenvalue weighted by Gasteiger charge is -2.25. The molecule has 0 fully saturated rings. The van der Waals surface area contributed by atoms with Crippen molar-refractivity contribution in [2.45, 2.75) is 24.9 Å². The number of benzene rings is 2. The van der Waals surface area contributed by atoms with Crippen LogP contribution < -0.4 is 16.2 Å². The maximum Gasteiger partial charge on any atom is 0.272 e. The molecule has 2 aromatic carbocycles. The molecule has 32 heavy (non-hydrogen) atoms. The van der Waals surface area contributed by atoms with E-state index in [-0.39, 0.29) is 24.0 Å². The van der Waals surface area contributed by atoms with Crippen LogP contribution in [0.3, 0.4) is 0 Å². The van der Waals surface area contributed by atoms with Gasteiger partial charge in [-0.15, -0.1) is 0 Å². The molecule has 1 aliphatic heterocycles. The Balaban J connectivity index is 1.72. The van der Waals surface area contributed by atoms with Crippen LogP contribution in [-0.2, 0) is 13.1 Å². The molecule has 3 heterocycles. The smallest absolute Gasteiger partial charge is 0.272 e. The van der Waals surface area contributed by atoms with Crippen LogP contribution in [-0.4, -0.2) is 50.3 Å². The highest BCUT2D eigenvalue weighted by molar-refractivity contribution is 5.96. The number of aromatic amines is 1. The topological polar surface area (TPSA) is 121 Å². The van der Waals surface area contributed by atoms with Gasteiger partial charge in [-0.05, 0) is 30.3 Å². The van der Waals surface area contributed by atoms with E-state index in [4.69, 9.17) is 0 Å². The highest BCUT2D eigenvalue weighted by atomic mass is 16.3. The van der Waals surface area contributed by atoms with E-state index < -0.39 is 0 Å². The van der Waals surface area contributed by atoms with Crippen molar-refractivity contribution in [1.82, 2.24) is 30.3 Å². The zero-order valence-corrected chi connectivity index (χ0v) is 17.7. The number of H-pyrrole nitrogens is 1. The molecule has 4 N–H and O–H groups in total. The highest BCUT2D eigenvalue weighted by Gasteiger charge is 2.36. The van der Waals surface area contributed by atoms with Gasteiger partial charge in [-0.1, -0.05) is 30.3 Å². The van der Waals surface area contributed by atoms with Crippen molar-refractivity contribution >= 4 is 16.5 Å². The second kappa shape index (κ2) is 8.52. The lowest BCUT2D eigenvalue weighted by atomic mass is 9.82. The number of aliphatic hydroxyl groups is 1. The van der Waals surface area contributed by atoms with Crippen molar-refractivity contribution in [2.75, 3.05) is 25.5 Å². The number of aliphatic hydroxyl groups excluding tert-OH is 1. The van der Waals surface area contributed by atoms with Gasteiger partial charge < -0.3 is 15.7 Å². The van der Waals surface area contributed by atoms with E-state index in [1.54, 1.807) is 4.68 Å². The van der Waals surface area contributed by atoms with Crippen LogP contribution in [0, 0.1) is 0 Å². The van der Waals surface area contributed by atoms with Gasteiger partial charge in [-0.3, -0.25) is 4.79 Å². The van der Waals surface area contributed by atoms with Gasteiger partial charge in [0.15, 0.2) is 0 Å². The molecule has 0 saturated heterocycles. The molecule has 9 nitrogen and oxygen atoms in total. The second-order valence-corrected chi connectivity index (χ2v) is 7.97. The minimum atomic E-state index is -0.269. The van der Waals surface area contributed by atoms with Crippen LogP contribution in [0.25, 0.3) is 10.8 Å². The average molecular weight is 432 g/mol. The summed E-state index contributed by atoms with van der Waals surface area (Å²) in [4.78, 5) is 17.1. The molecule has 2 unspecified atom stereocenters. The summed E-state index contributed by atoms with van der Waals surface area (Å²) < 4.78 is 1.72. The molecule has 0 bridgehead atoms. The van der Waals surface area contributed by atoms with Gasteiger partial charge in [0.1, 0.15) is 12.2 Å². The summed E-state index contributed by atoms with van der Waals surface area (Å²) in [5.74, 6) is 0.423. The van der Waals surface area contributed by atoms with Gasteiger partial charge in [-0.2, -0.15) is 10.2 Å². The van der Waals surface area contributed by atoms with Crippen LogP contribution in [0.1, 0.15) is 34.5 Å². The predicted octanol–water partition coefficient (Wildman–Crippen LogP) is 1.57. The Bertz CT molecular complexity index is 1300. The lowest BCUT2D eigenvalue weighted by molar-refractivity contribution is 0.265. The van der Waals surface area contributed by atoms with E-state index in [1.165, 1.54) is 11.9 Å². The quantitative estimate of drug-likeness (QED) is 0.366. The van der Waals surface area contributed by atoms with E-state index in [0.717, 1.165) is 28.9 Å². The first-order valence-electron chi connectivity index (χ1n) is 10.7. The number of anilines is 1. The third-order valence-corrected chi connectivity index (χ3v) is 6.08. The molecule has 164 valence electrons. The molecule has 0 radical (unpaired) electrons. The van der Waals surface area contributed by atoms with Crippen molar-refractivity contribution in [3.05, 3.63) is 81.8 Å². The standard InChI is InChI=1S/C23H25N7O2/c1-24-11-14-5-7-15(8-6-14)17-12-25-18-4-2-3-16-19(18)21(28-29-23(16)32)20(17)22-26-13-27-30(22)9-10-31/h2-8,13,17,20,24-25,31H,9-12H2,1H3,(H,29,32). The van der Waals surface area contributed by atoms with E-state index in [0.29, 0.717) is 24.3 Å². The van der Waals surface area contributed by atoms with Crippen molar-refractivity contribution in [1.29, 1.82) is 0 Å². The summed E-state index contributed by atoms with van der Waals surface area (Å²) in [6, 6.07) is 14.2. The Labute approximate surface area is 184 Å². The van der Waals surface area contributed by atoms with Gasteiger partial charge in [0.25, 0.3) is 5.56 Å². The Morgan fingerprint density at radius 2 is 2.06 bits per heavy atom. The molecule has 1 aliphatic rings. The largest absolute Gasteiger partial charge is 0.394 e. The first kappa shape index (κ1) is 20.3. The van der Waals surface area contributed by atoms with E-state index >= 15 is 0 Å². The van der Waals surface area contributed by atoms with Crippen molar-refractivity contribution < 1.29 is 5.11 Å². The fraction of sp³-hybridized carbons (Fsp3) is 0.304. The molecule has 2 aromatic heterocycles. The Morgan fingerprint density at radius 1 is 1.22 bits per heavy atom. The Hall–Kier alpha value is -3.56. The Morgan fingerprint density at radius 3 is 2.84 bits per heavy atom. The number of hydrogen-bond donors (Lipinski definition) is 4. The summed E-state index contributed by atoms with van der Waals surface area (Å²) in [7, 11) is 1.93. The van der Waals surface area contributed by atoms with E-state index in [9.17, 15) is 9.90 Å². The average Bonchev–Trinajstić information content (AvgIpc) is 3.19. The Kier molecular flexibility index (Phi) is 5.42. The molecule has 0 saturated carbocycles. The van der Waals surface area contributed by atoms with Gasteiger partial charge in [-0.25, -0.2) is 14.8 Å². The third kappa shape index (κ3) is 3.45. The SMILES string of the molecule is CNCc1ccc(C2CNc3cccc4c(=O)[nH]nc(c34)C2c2ncnn2CCO)cc1. The van der Waals surface area contributed by atoms with Gasteiger partial charge in [0.2, 0.25) is 0 Å². The number of nitrogens with zero attached hydrogens (tertiary/aromatic N) is 4. The first-order chi connectivity index (χ1) is 15.7. The molecular weight excluding hydrogens is 406 g/mol. The normalized spacial score (nSPS) is 17.8. The lowest BCUT2D eigenvalue weighted by Crippen LogP contribution is -2.24. The maximum atomic E-state index is 12.5. The van der Waals surface area contributed by atoms with Crippen molar-refractivity contribution in [2.24, 2.45) is 0 Å². The molecule has 0 spiro atoms. The summed E-state index contributed by atoms with van der Waals surface area (Å²) in [6.07, 6.45) is 1.51. The zero-order valence-electron chi connectivity index (χ0n) is 17.7. The van der Waals surface area contributed by atoms with Crippen LogP contribution in [0.5, 0.6) is 0 Å². The number of rotatable bonds is 6. The summed E-state index contributed by atoms with van der Waals surface area (Å²) in [6.45, 7) is 1.72. The van der Waals surface area contributed by atoms with Gasteiger partial charge in [0, 0.05) is 30.1 Å². The van der Waals surface area contributed by atoms with Crippen LogP contribution in [0.2, 0.25) is 0 Å². The molecule has 0 amide bonds. The molecule has 5 rings (SSSR count). The molecule has 0 aliphatic carbocycles. The number of aromatic nitrogens is 5. The van der Waals surface area contributed by atoms with Crippen molar-refractivity contribution in [3.63, 3.8) is 0 Å². The summed E-state index contributed by atoms with van der Waals surface area (Å²) >= 11 is 0. The van der Waals surface area contributed by atoms with Crippen LogP contribution in [0.15, 0.2) is 53.6 Å². The molecule has 4 aromatic rings. The maximum absolute atomic E-state index is 12.5. The van der Waals surface area contributed by atoms with Crippen molar-refractivity contribution in [3.8, 4) is 0 Å². The first-order valence-corrected chi connectivity index (χ1v) is 10.7. The monoisotopic (exact) mass is 431 g/mol. The minimum Gasteiger partial charge on any atom is -0.394 e. The number of hydrogen-bond acceptors (Lipinski definition) is 7. The number of nitrogens with one attached hydrogen (secondary N) is 3. The fourth-order valence-electron chi connectivity index (χ4n) is 4.63. The minimum absolute atomic E-state index is 0.0192. The van der Waals surface area contributed by atoms with Crippen LogP contribution in [0.4, 0.5) is 5.69 Å². The molecule has 2 atom stereocenters. The highest BCUT2D eigenvalue weighted by Crippen LogP contribution is 2.43. The molecular formula is C23H25N7O2. The van der Waals surface area contributed by atoms with E-state index in [1.807, 2.05) is 25.2 Å². The summed E-state index contributed by atoms with van der Waals surface area (Å²) in [5.41, 5.74) is 3.73. The third-order valence-electron chi connectivity index (χ3n) is 6.08. The van der Waals surface area contributed by atoms with E-state index in [2.05, 4.69) is 55.2 Å². The fourth-order valence-corrected chi connectivity index (χ4v) is 4.63.